The predicted molar refractivity (Wildman–Crippen MR) is 112 cm³/mol. The molecule has 0 amide bonds. The zero-order chi connectivity index (χ0) is 17.5. The second-order valence-electron chi connectivity index (χ2n) is 6.27. The lowest BCUT2D eigenvalue weighted by atomic mass is 9.97. The molecule has 0 saturated carbocycles. The fourth-order valence-electron chi connectivity index (χ4n) is 3.57. The van der Waals surface area contributed by atoms with Crippen LogP contribution in [0.4, 0.5) is 0 Å². The third-order valence-corrected chi connectivity index (χ3v) is 5.89. The Morgan fingerprint density at radius 1 is 0.769 bits per heavy atom. The van der Waals surface area contributed by atoms with Gasteiger partial charge >= 0.3 is 7.69 Å². The van der Waals surface area contributed by atoms with Crippen LogP contribution in [0.15, 0.2) is 78.9 Å². The first kappa shape index (κ1) is 15.4. The Bertz CT molecular complexity index is 1260. The van der Waals surface area contributed by atoms with Crippen molar-refractivity contribution in [1.29, 1.82) is 0 Å². The van der Waals surface area contributed by atoms with Crippen molar-refractivity contribution in [1.82, 2.24) is 0 Å². The van der Waals surface area contributed by atoms with Crippen LogP contribution in [-0.4, -0.2) is 12.7 Å². The van der Waals surface area contributed by atoms with Gasteiger partial charge in [-0.25, -0.2) is 0 Å². The van der Waals surface area contributed by atoms with Crippen LogP contribution in [0.1, 0.15) is 0 Å². The van der Waals surface area contributed by atoms with Crippen LogP contribution in [0.3, 0.4) is 0 Å². The standard InChI is InChI=1S/C22H15BO2S/c24-23-25-17-10-11-20-19(13-17)22-18(6-3-7-21(22)26-20)16-9-8-14-4-1-2-5-15(14)12-16/h1-13,23-24H. The van der Waals surface area contributed by atoms with Crippen LogP contribution in [0.25, 0.3) is 42.1 Å². The molecule has 0 aliphatic rings. The Labute approximate surface area is 155 Å². The van der Waals surface area contributed by atoms with Gasteiger partial charge in [0.05, 0.1) is 0 Å². The maximum atomic E-state index is 9.07. The lowest BCUT2D eigenvalue weighted by molar-refractivity contribution is 0.454. The molecule has 0 fully saturated rings. The van der Waals surface area contributed by atoms with E-state index in [-0.39, 0.29) is 7.69 Å². The van der Waals surface area contributed by atoms with Gasteiger partial charge in [-0.3, -0.25) is 0 Å². The summed E-state index contributed by atoms with van der Waals surface area (Å²) in [5, 5.41) is 14.0. The first-order valence-electron chi connectivity index (χ1n) is 8.51. The topological polar surface area (TPSA) is 29.5 Å². The molecule has 4 aromatic carbocycles. The monoisotopic (exact) mass is 354 g/mol. The molecule has 0 bridgehead atoms. The van der Waals surface area contributed by atoms with E-state index in [2.05, 4.69) is 66.7 Å². The summed E-state index contributed by atoms with van der Waals surface area (Å²) in [4.78, 5) is 0. The number of fused-ring (bicyclic) bond motifs is 4. The molecular weight excluding hydrogens is 339 g/mol. The highest BCUT2D eigenvalue weighted by Crippen LogP contribution is 2.41. The Morgan fingerprint density at radius 2 is 1.65 bits per heavy atom. The Balaban J connectivity index is 1.80. The van der Waals surface area contributed by atoms with Crippen molar-refractivity contribution in [2.75, 3.05) is 0 Å². The Morgan fingerprint density at radius 3 is 2.54 bits per heavy atom. The minimum atomic E-state index is -0.314. The lowest BCUT2D eigenvalue weighted by Gasteiger charge is -2.07. The van der Waals surface area contributed by atoms with Gasteiger partial charge in [-0.15, -0.1) is 11.3 Å². The van der Waals surface area contributed by atoms with E-state index in [4.69, 9.17) is 9.68 Å². The molecule has 26 heavy (non-hydrogen) atoms. The number of rotatable bonds is 3. The number of benzene rings is 4. The minimum Gasteiger partial charge on any atom is -0.539 e. The number of hydrogen-bond acceptors (Lipinski definition) is 3. The van der Waals surface area contributed by atoms with Crippen molar-refractivity contribution in [3.05, 3.63) is 78.9 Å². The van der Waals surface area contributed by atoms with Crippen LogP contribution < -0.4 is 4.65 Å². The summed E-state index contributed by atoms with van der Waals surface area (Å²) in [6, 6.07) is 27.5. The van der Waals surface area contributed by atoms with Gasteiger partial charge < -0.3 is 9.68 Å². The van der Waals surface area contributed by atoms with Crippen LogP contribution in [0.5, 0.6) is 5.75 Å². The van der Waals surface area contributed by atoms with Gasteiger partial charge in [0.2, 0.25) is 0 Å². The maximum absolute atomic E-state index is 9.07. The predicted octanol–water partition coefficient (Wildman–Crippen LogP) is 5.51. The number of hydrogen-bond donors (Lipinski definition) is 1. The molecule has 5 rings (SSSR count). The molecule has 0 atom stereocenters. The van der Waals surface area contributed by atoms with Gasteiger partial charge in [0.25, 0.3) is 0 Å². The quantitative estimate of drug-likeness (QED) is 0.433. The van der Waals surface area contributed by atoms with Gasteiger partial charge in [0.15, 0.2) is 0 Å². The van der Waals surface area contributed by atoms with E-state index in [9.17, 15) is 0 Å². The fourth-order valence-corrected chi connectivity index (χ4v) is 4.68. The SMILES string of the molecule is OBOc1ccc2sc3cccc(-c4ccc5ccccc5c4)c3c2c1. The smallest absolute Gasteiger partial charge is 0.504 e. The van der Waals surface area contributed by atoms with Crippen molar-refractivity contribution < 1.29 is 9.68 Å². The van der Waals surface area contributed by atoms with E-state index in [1.165, 1.54) is 42.1 Å². The van der Waals surface area contributed by atoms with Gasteiger partial charge in [-0.2, -0.15) is 0 Å². The number of thiophene rings is 1. The fraction of sp³-hybridized carbons (Fsp3) is 0. The third kappa shape index (κ3) is 2.46. The highest BCUT2D eigenvalue weighted by molar-refractivity contribution is 7.25. The van der Waals surface area contributed by atoms with Crippen LogP contribution in [0.2, 0.25) is 0 Å². The summed E-state index contributed by atoms with van der Waals surface area (Å²) >= 11 is 1.78. The van der Waals surface area contributed by atoms with E-state index < -0.39 is 0 Å². The van der Waals surface area contributed by atoms with E-state index >= 15 is 0 Å². The van der Waals surface area contributed by atoms with E-state index in [0.717, 1.165) is 0 Å². The molecule has 0 aliphatic heterocycles. The molecule has 2 nitrogen and oxygen atoms in total. The molecule has 4 heteroatoms. The molecule has 1 N–H and O–H groups in total. The van der Waals surface area contributed by atoms with E-state index in [0.29, 0.717) is 5.75 Å². The van der Waals surface area contributed by atoms with Crippen molar-refractivity contribution in [3.8, 4) is 16.9 Å². The average Bonchev–Trinajstić information content (AvgIpc) is 3.06. The molecule has 124 valence electrons. The van der Waals surface area contributed by atoms with Crippen molar-refractivity contribution >= 4 is 50.0 Å². The Kier molecular flexibility index (Phi) is 3.66. The van der Waals surface area contributed by atoms with Gasteiger partial charge in [-0.1, -0.05) is 48.5 Å². The van der Waals surface area contributed by atoms with Crippen molar-refractivity contribution in [3.63, 3.8) is 0 Å². The molecule has 0 radical (unpaired) electrons. The van der Waals surface area contributed by atoms with Crippen molar-refractivity contribution in [2.45, 2.75) is 0 Å². The second-order valence-corrected chi connectivity index (χ2v) is 7.36. The third-order valence-electron chi connectivity index (χ3n) is 4.76. The normalized spacial score (nSPS) is 11.3. The van der Waals surface area contributed by atoms with E-state index in [1.807, 2.05) is 12.1 Å². The molecule has 0 unspecified atom stereocenters. The first-order chi connectivity index (χ1) is 12.8. The van der Waals surface area contributed by atoms with E-state index in [1.54, 1.807) is 11.3 Å². The summed E-state index contributed by atoms with van der Waals surface area (Å²) in [5.41, 5.74) is 2.43. The lowest BCUT2D eigenvalue weighted by Crippen LogP contribution is -1.99. The molecule has 1 heterocycles. The Hall–Kier alpha value is -2.82. The summed E-state index contributed by atoms with van der Waals surface area (Å²) in [5.74, 6) is 0.688. The van der Waals surface area contributed by atoms with Gasteiger partial charge in [0.1, 0.15) is 5.75 Å². The van der Waals surface area contributed by atoms with Crippen LogP contribution in [-0.2, 0) is 0 Å². The van der Waals surface area contributed by atoms with Crippen molar-refractivity contribution in [2.24, 2.45) is 0 Å². The van der Waals surface area contributed by atoms with Gasteiger partial charge in [0, 0.05) is 20.2 Å². The highest BCUT2D eigenvalue weighted by Gasteiger charge is 2.12. The highest BCUT2D eigenvalue weighted by atomic mass is 32.1. The summed E-state index contributed by atoms with van der Waals surface area (Å²) < 4.78 is 7.77. The van der Waals surface area contributed by atoms with Gasteiger partial charge in [-0.05, 0) is 52.2 Å². The molecule has 0 saturated heterocycles. The molecule has 5 aromatic rings. The summed E-state index contributed by atoms with van der Waals surface area (Å²) in [6.07, 6.45) is 0. The van der Waals surface area contributed by atoms with Crippen LogP contribution in [0, 0.1) is 0 Å². The maximum Gasteiger partial charge on any atom is 0.504 e. The molecule has 0 aliphatic carbocycles. The minimum absolute atomic E-state index is 0.314. The molecular formula is C22H15BO2S. The summed E-state index contributed by atoms with van der Waals surface area (Å²) in [6.45, 7) is 0. The zero-order valence-electron chi connectivity index (χ0n) is 14.0. The molecule has 0 spiro atoms. The first-order valence-corrected chi connectivity index (χ1v) is 9.33. The average molecular weight is 354 g/mol. The largest absolute Gasteiger partial charge is 0.539 e. The zero-order valence-corrected chi connectivity index (χ0v) is 14.8. The summed E-state index contributed by atoms with van der Waals surface area (Å²) in [7, 11) is -0.314. The van der Waals surface area contributed by atoms with Crippen LogP contribution >= 0.6 is 11.3 Å². The molecule has 1 aromatic heterocycles. The second kappa shape index (κ2) is 6.17.